The van der Waals surface area contributed by atoms with Crippen molar-refractivity contribution in [2.24, 2.45) is 29.1 Å². The van der Waals surface area contributed by atoms with E-state index in [-0.39, 0.29) is 23.3 Å². The molecule has 4 bridgehead atoms. The van der Waals surface area contributed by atoms with E-state index in [2.05, 4.69) is 32.6 Å². The van der Waals surface area contributed by atoms with E-state index in [9.17, 15) is 14.4 Å². The average molecular weight is 803 g/mol. The molecule has 0 aliphatic heterocycles. The Kier molecular flexibility index (Phi) is 26.5. The molecule has 8 nitrogen and oxygen atoms in total. The van der Waals surface area contributed by atoms with Gasteiger partial charge in [0.2, 0.25) is 0 Å². The predicted molar refractivity (Wildman–Crippen MR) is 234 cm³/mol. The minimum Gasteiger partial charge on any atom is -0.466 e. The highest BCUT2D eigenvalue weighted by atomic mass is 16.7. The minimum absolute atomic E-state index is 0.0409. The molecule has 0 atom stereocenters. The molecule has 0 saturated heterocycles. The fourth-order valence-electron chi connectivity index (χ4n) is 10.8. The Morgan fingerprint density at radius 3 is 1.60 bits per heavy atom. The summed E-state index contributed by atoms with van der Waals surface area (Å²) < 4.78 is 11.4. The summed E-state index contributed by atoms with van der Waals surface area (Å²) >= 11 is 0. The van der Waals surface area contributed by atoms with Crippen LogP contribution >= 0.6 is 0 Å². The van der Waals surface area contributed by atoms with Gasteiger partial charge in [-0.25, -0.2) is 0 Å². The summed E-state index contributed by atoms with van der Waals surface area (Å²) in [6.45, 7) is 14.4. The molecule has 0 aromatic heterocycles. The van der Waals surface area contributed by atoms with Crippen molar-refractivity contribution in [1.29, 1.82) is 0 Å². The molecule has 8 heteroatoms. The Balaban J connectivity index is 1.23. The summed E-state index contributed by atoms with van der Waals surface area (Å²) in [5.41, 5.74) is 0.265. The van der Waals surface area contributed by atoms with Gasteiger partial charge in [-0.05, 0) is 126 Å². The van der Waals surface area contributed by atoms with Crippen molar-refractivity contribution in [3.05, 3.63) is 0 Å². The van der Waals surface area contributed by atoms with Crippen molar-refractivity contribution >= 4 is 17.9 Å². The lowest BCUT2D eigenvalue weighted by Gasteiger charge is -2.56. The Morgan fingerprint density at radius 1 is 0.526 bits per heavy atom. The molecule has 4 fully saturated rings. The zero-order valence-corrected chi connectivity index (χ0v) is 37.8. The molecule has 0 unspecified atom stereocenters. The zero-order valence-electron chi connectivity index (χ0n) is 37.8. The fraction of sp³-hybridized carbons (Fsp3) is 0.939. The van der Waals surface area contributed by atoms with Crippen LogP contribution in [0.3, 0.4) is 0 Å². The first-order chi connectivity index (χ1) is 27.8. The van der Waals surface area contributed by atoms with Crippen molar-refractivity contribution in [2.75, 3.05) is 45.9 Å². The van der Waals surface area contributed by atoms with Gasteiger partial charge in [-0.1, -0.05) is 124 Å². The summed E-state index contributed by atoms with van der Waals surface area (Å²) in [6, 6.07) is 0. The van der Waals surface area contributed by atoms with Crippen LogP contribution in [0.5, 0.6) is 0 Å². The van der Waals surface area contributed by atoms with Crippen LogP contribution in [0.4, 0.5) is 0 Å². The zero-order chi connectivity index (χ0) is 41.0. The van der Waals surface area contributed by atoms with E-state index in [4.69, 9.17) is 14.3 Å². The summed E-state index contributed by atoms with van der Waals surface area (Å²) in [5, 5.41) is 1.91. The molecule has 4 saturated carbocycles. The van der Waals surface area contributed by atoms with E-state index >= 15 is 0 Å². The number of unbranched alkanes of at least 4 members (excludes halogenated alkanes) is 13. The second-order valence-electron chi connectivity index (χ2n) is 18.8. The van der Waals surface area contributed by atoms with Gasteiger partial charge in [-0.2, -0.15) is 0 Å². The molecule has 0 N–H and O–H groups in total. The van der Waals surface area contributed by atoms with Crippen LogP contribution in [0.25, 0.3) is 0 Å². The summed E-state index contributed by atoms with van der Waals surface area (Å²) in [7, 11) is 0. The van der Waals surface area contributed by atoms with E-state index in [1.165, 1.54) is 89.9 Å². The SMILES string of the molecule is CCCCCC(CCCCC)CCOC(=O)CCCCCCCN(CCCCCCCCOC(=O)CC12CC3CC(CC(C3)C1)C2)OC(=O)CCCN(CC)CC. The van der Waals surface area contributed by atoms with Gasteiger partial charge in [0.15, 0.2) is 0 Å². The highest BCUT2D eigenvalue weighted by molar-refractivity contribution is 5.70. The number of carbonyl (C=O) groups excluding carboxylic acids is 3. The standard InChI is InChI=1S/C49H90N2O6/c1-5-9-18-25-42(26-19-10-6-2)29-34-56-46(52)27-20-14-13-16-22-32-51(57-47(53)28-24-30-50(7-3)8-4)31-21-15-11-12-17-23-33-55-48(54)41-49-38-43-35-44(39-49)37-45(36-43)40-49/h42-45H,5-41H2,1-4H3. The molecule has 4 aliphatic carbocycles. The molecule has 0 radical (unpaired) electrons. The lowest BCUT2D eigenvalue weighted by molar-refractivity contribution is -0.191. The molecule has 0 heterocycles. The lowest BCUT2D eigenvalue weighted by atomic mass is 9.49. The first-order valence-corrected chi connectivity index (χ1v) is 24.8. The molecule has 4 aliphatic rings. The van der Waals surface area contributed by atoms with Crippen molar-refractivity contribution < 1.29 is 28.7 Å². The van der Waals surface area contributed by atoms with Crippen LogP contribution in [0, 0.1) is 29.1 Å². The number of hydroxylamine groups is 2. The van der Waals surface area contributed by atoms with Crippen LogP contribution in [0.2, 0.25) is 0 Å². The van der Waals surface area contributed by atoms with Gasteiger partial charge in [-0.3, -0.25) is 14.4 Å². The number of esters is 2. The highest BCUT2D eigenvalue weighted by Gasteiger charge is 2.51. The molecule has 0 aromatic carbocycles. The van der Waals surface area contributed by atoms with E-state index in [0.717, 1.165) is 134 Å². The Labute approximate surface area is 351 Å². The van der Waals surface area contributed by atoms with E-state index in [0.29, 0.717) is 38.4 Å². The lowest BCUT2D eigenvalue weighted by Crippen LogP contribution is -2.47. The maximum Gasteiger partial charge on any atom is 0.325 e. The van der Waals surface area contributed by atoms with Crippen molar-refractivity contribution in [3.8, 4) is 0 Å². The smallest absolute Gasteiger partial charge is 0.325 e. The second kappa shape index (κ2) is 30.4. The average Bonchev–Trinajstić information content (AvgIpc) is 3.17. The fourth-order valence-corrected chi connectivity index (χ4v) is 10.8. The summed E-state index contributed by atoms with van der Waals surface area (Å²) in [5.74, 6) is 3.20. The Morgan fingerprint density at radius 2 is 1.04 bits per heavy atom. The van der Waals surface area contributed by atoms with Crippen LogP contribution in [-0.4, -0.2) is 73.8 Å². The van der Waals surface area contributed by atoms with Crippen LogP contribution in [-0.2, 0) is 28.7 Å². The normalized spacial score (nSPS) is 21.2. The van der Waals surface area contributed by atoms with Gasteiger partial charge in [0.05, 0.1) is 19.6 Å². The monoisotopic (exact) mass is 803 g/mol. The molecule has 4 rings (SSSR count). The van der Waals surface area contributed by atoms with E-state index < -0.39 is 0 Å². The number of nitrogens with zero attached hydrogens (tertiary/aromatic N) is 2. The van der Waals surface area contributed by atoms with Crippen LogP contribution < -0.4 is 0 Å². The van der Waals surface area contributed by atoms with Crippen LogP contribution in [0.15, 0.2) is 0 Å². The minimum atomic E-state index is -0.119. The first kappa shape index (κ1) is 49.7. The Bertz CT molecular complexity index is 1020. The van der Waals surface area contributed by atoms with Crippen molar-refractivity contribution in [3.63, 3.8) is 0 Å². The van der Waals surface area contributed by atoms with E-state index in [1.54, 1.807) is 0 Å². The summed E-state index contributed by atoms with van der Waals surface area (Å²) in [6.07, 6.45) is 33.2. The molecule has 57 heavy (non-hydrogen) atoms. The number of carbonyl (C=O) groups is 3. The number of ether oxygens (including phenoxy) is 2. The third-order valence-corrected chi connectivity index (χ3v) is 13.7. The van der Waals surface area contributed by atoms with Crippen molar-refractivity contribution in [1.82, 2.24) is 9.96 Å². The quantitative estimate of drug-likeness (QED) is 0.0349. The summed E-state index contributed by atoms with van der Waals surface area (Å²) in [4.78, 5) is 46.2. The van der Waals surface area contributed by atoms with E-state index in [1.807, 2.05) is 5.06 Å². The molecular formula is C49H90N2O6. The molecule has 0 spiro atoms. The second-order valence-corrected chi connectivity index (χ2v) is 18.8. The van der Waals surface area contributed by atoms with Gasteiger partial charge in [0, 0.05) is 25.9 Å². The highest BCUT2D eigenvalue weighted by Crippen LogP contribution is 2.61. The molecular weight excluding hydrogens is 713 g/mol. The molecule has 0 aromatic rings. The number of hydrogen-bond acceptors (Lipinski definition) is 8. The largest absolute Gasteiger partial charge is 0.466 e. The number of rotatable bonds is 37. The number of hydrogen-bond donors (Lipinski definition) is 0. The van der Waals surface area contributed by atoms with Gasteiger partial charge in [0.1, 0.15) is 0 Å². The molecule has 332 valence electrons. The van der Waals surface area contributed by atoms with Gasteiger partial charge >= 0.3 is 17.9 Å². The van der Waals surface area contributed by atoms with Gasteiger partial charge < -0.3 is 19.2 Å². The maximum absolute atomic E-state index is 12.8. The topological polar surface area (TPSA) is 85.4 Å². The predicted octanol–water partition coefficient (Wildman–Crippen LogP) is 12.4. The third-order valence-electron chi connectivity index (χ3n) is 13.7. The Hall–Kier alpha value is -1.67. The van der Waals surface area contributed by atoms with Crippen molar-refractivity contribution in [2.45, 2.75) is 220 Å². The van der Waals surface area contributed by atoms with Gasteiger partial charge in [-0.15, -0.1) is 5.06 Å². The molecule has 0 amide bonds. The maximum atomic E-state index is 12.8. The first-order valence-electron chi connectivity index (χ1n) is 24.8. The third kappa shape index (κ3) is 21.9. The van der Waals surface area contributed by atoms with Crippen LogP contribution in [0.1, 0.15) is 220 Å². The van der Waals surface area contributed by atoms with Gasteiger partial charge in [0.25, 0.3) is 0 Å².